The minimum absolute atomic E-state index is 0.417. The Kier molecular flexibility index (Phi) is 4.80. The lowest BCUT2D eigenvalue weighted by Gasteiger charge is -2.33. The second kappa shape index (κ2) is 8.53. The van der Waals surface area contributed by atoms with Crippen LogP contribution in [0.1, 0.15) is 27.9 Å². The number of hydrogen-bond acceptors (Lipinski definition) is 2. The molecule has 0 unspecified atom stereocenters. The van der Waals surface area contributed by atoms with E-state index in [0.29, 0.717) is 5.69 Å². The molecule has 0 atom stereocenters. The van der Waals surface area contributed by atoms with Gasteiger partial charge in [-0.3, -0.25) is 0 Å². The number of fused-ring (bicyclic) bond motifs is 6. The maximum absolute atomic E-state index is 9.49. The van der Waals surface area contributed by atoms with Crippen LogP contribution in [0.4, 0.5) is 0 Å². The van der Waals surface area contributed by atoms with E-state index in [4.69, 9.17) is 0 Å². The average Bonchev–Trinajstić information content (AvgIpc) is 3.52. The zero-order chi connectivity index (χ0) is 26.7. The van der Waals surface area contributed by atoms with Gasteiger partial charge in [0.15, 0.2) is 0 Å². The molecule has 2 aromatic heterocycles. The van der Waals surface area contributed by atoms with Crippen LogP contribution in [0.3, 0.4) is 0 Å². The maximum Gasteiger partial charge on any atom is 0.140 e. The van der Waals surface area contributed by atoms with Crippen LogP contribution in [-0.4, -0.2) is 9.55 Å². The van der Waals surface area contributed by atoms with Crippen molar-refractivity contribution in [2.24, 2.45) is 0 Å². The third-order valence-electron chi connectivity index (χ3n) is 8.38. The molecule has 0 bridgehead atoms. The predicted molar refractivity (Wildman–Crippen MR) is 161 cm³/mol. The van der Waals surface area contributed by atoms with Crippen LogP contribution in [0.2, 0.25) is 0 Å². The number of para-hydroxylation sites is 2. The summed E-state index contributed by atoms with van der Waals surface area (Å²) in [6.07, 6.45) is 1.88. The highest BCUT2D eigenvalue weighted by atomic mass is 15.0. The van der Waals surface area contributed by atoms with E-state index in [1.54, 1.807) is 0 Å². The molecule has 0 fully saturated rings. The molecule has 0 saturated carbocycles. The van der Waals surface area contributed by atoms with Gasteiger partial charge in [0.1, 0.15) is 11.8 Å². The van der Waals surface area contributed by atoms with E-state index in [2.05, 4.69) is 143 Å². The molecule has 3 nitrogen and oxygen atoms in total. The molecule has 40 heavy (non-hydrogen) atoms. The van der Waals surface area contributed by atoms with Crippen LogP contribution in [-0.2, 0) is 5.41 Å². The van der Waals surface area contributed by atoms with Gasteiger partial charge in [-0.2, -0.15) is 5.26 Å². The summed E-state index contributed by atoms with van der Waals surface area (Å²) in [6.45, 7) is 0. The largest absolute Gasteiger partial charge is 0.309 e. The standard InChI is InChI=1S/C37H23N3/c38-23-27-20-18-26(24-39-27)37(33-15-7-4-12-29(33)30-13-5-8-16-34(30)37)25-19-21-36-32(22-25)31-14-6-9-17-35(31)40(36)28-10-2-1-3-11-28/h1-22,24H. The summed E-state index contributed by atoms with van der Waals surface area (Å²) >= 11 is 0. The fraction of sp³-hybridized carbons (Fsp3) is 0.0270. The van der Waals surface area contributed by atoms with Gasteiger partial charge in [0.25, 0.3) is 0 Å². The highest BCUT2D eigenvalue weighted by Gasteiger charge is 2.46. The Bertz CT molecular complexity index is 2070. The molecule has 0 saturated heterocycles. The number of rotatable bonds is 3. The van der Waals surface area contributed by atoms with Crippen molar-refractivity contribution in [2.45, 2.75) is 5.41 Å². The summed E-state index contributed by atoms with van der Waals surface area (Å²) in [5.74, 6) is 0. The van der Waals surface area contributed by atoms with E-state index in [0.717, 1.165) is 11.3 Å². The normalized spacial score (nSPS) is 13.2. The van der Waals surface area contributed by atoms with Gasteiger partial charge < -0.3 is 4.57 Å². The van der Waals surface area contributed by atoms with Gasteiger partial charge in [0.2, 0.25) is 0 Å². The molecule has 7 aromatic rings. The van der Waals surface area contributed by atoms with Crippen LogP contribution >= 0.6 is 0 Å². The molecule has 0 spiro atoms. The van der Waals surface area contributed by atoms with Gasteiger partial charge >= 0.3 is 0 Å². The lowest BCUT2D eigenvalue weighted by atomic mass is 9.68. The van der Waals surface area contributed by atoms with E-state index < -0.39 is 5.41 Å². The first-order chi connectivity index (χ1) is 19.8. The van der Waals surface area contributed by atoms with Crippen LogP contribution in [0.5, 0.6) is 0 Å². The van der Waals surface area contributed by atoms with E-state index in [-0.39, 0.29) is 0 Å². The van der Waals surface area contributed by atoms with E-state index in [9.17, 15) is 5.26 Å². The van der Waals surface area contributed by atoms with Crippen LogP contribution in [0.25, 0.3) is 38.6 Å². The van der Waals surface area contributed by atoms with Gasteiger partial charge in [0, 0.05) is 22.7 Å². The van der Waals surface area contributed by atoms with Crippen molar-refractivity contribution in [2.75, 3.05) is 0 Å². The first-order valence-corrected chi connectivity index (χ1v) is 13.5. The summed E-state index contributed by atoms with van der Waals surface area (Å²) in [6, 6.07) is 49.6. The lowest BCUT2D eigenvalue weighted by Crippen LogP contribution is -2.28. The summed E-state index contributed by atoms with van der Waals surface area (Å²) in [5, 5.41) is 11.9. The maximum atomic E-state index is 9.49. The highest BCUT2D eigenvalue weighted by Crippen LogP contribution is 2.56. The van der Waals surface area contributed by atoms with Crippen molar-refractivity contribution in [3.63, 3.8) is 0 Å². The Labute approximate surface area is 232 Å². The zero-order valence-corrected chi connectivity index (χ0v) is 21.6. The van der Waals surface area contributed by atoms with Gasteiger partial charge in [0.05, 0.1) is 16.4 Å². The summed E-state index contributed by atoms with van der Waals surface area (Å²) in [5.41, 5.74) is 10.5. The number of benzene rings is 5. The molecular weight excluding hydrogens is 486 g/mol. The number of nitriles is 1. The third-order valence-corrected chi connectivity index (χ3v) is 8.38. The summed E-state index contributed by atoms with van der Waals surface area (Å²) < 4.78 is 2.35. The fourth-order valence-corrected chi connectivity index (χ4v) is 6.77. The molecule has 0 aliphatic heterocycles. The molecule has 1 aliphatic rings. The molecule has 186 valence electrons. The van der Waals surface area contributed by atoms with Crippen molar-refractivity contribution in [3.05, 3.63) is 168 Å². The highest BCUT2D eigenvalue weighted by molar-refractivity contribution is 6.09. The van der Waals surface area contributed by atoms with Crippen molar-refractivity contribution >= 4 is 21.8 Å². The Morgan fingerprint density at radius 3 is 1.90 bits per heavy atom. The van der Waals surface area contributed by atoms with Crippen molar-refractivity contribution in [1.82, 2.24) is 9.55 Å². The van der Waals surface area contributed by atoms with Gasteiger partial charge in [-0.25, -0.2) is 4.98 Å². The first kappa shape index (κ1) is 22.5. The molecule has 0 N–H and O–H groups in total. The topological polar surface area (TPSA) is 41.6 Å². The Balaban J connectivity index is 1.50. The minimum atomic E-state index is -0.571. The van der Waals surface area contributed by atoms with Crippen molar-refractivity contribution in [3.8, 4) is 22.9 Å². The molecule has 3 heteroatoms. The molecule has 5 aromatic carbocycles. The zero-order valence-electron chi connectivity index (χ0n) is 21.6. The molecule has 0 amide bonds. The summed E-state index contributed by atoms with van der Waals surface area (Å²) in [7, 11) is 0. The van der Waals surface area contributed by atoms with E-state index in [1.165, 1.54) is 49.6 Å². The van der Waals surface area contributed by atoms with E-state index in [1.807, 2.05) is 12.3 Å². The Morgan fingerprint density at radius 1 is 0.575 bits per heavy atom. The minimum Gasteiger partial charge on any atom is -0.309 e. The Morgan fingerprint density at radius 2 is 1.20 bits per heavy atom. The third kappa shape index (κ3) is 2.96. The molecule has 2 heterocycles. The van der Waals surface area contributed by atoms with Crippen molar-refractivity contribution in [1.29, 1.82) is 5.26 Å². The molecule has 8 rings (SSSR count). The molecular formula is C37H23N3. The van der Waals surface area contributed by atoms with Crippen LogP contribution < -0.4 is 0 Å². The van der Waals surface area contributed by atoms with Crippen molar-refractivity contribution < 1.29 is 0 Å². The Hall–Kier alpha value is -5.46. The van der Waals surface area contributed by atoms with Crippen LogP contribution in [0, 0.1) is 11.3 Å². The SMILES string of the molecule is N#Cc1ccc(C2(c3ccc4c(c3)c3ccccc3n4-c3ccccc3)c3ccccc3-c3ccccc32)cn1. The molecule has 0 radical (unpaired) electrons. The molecule has 1 aliphatic carbocycles. The fourth-order valence-electron chi connectivity index (χ4n) is 6.77. The predicted octanol–water partition coefficient (Wildman–Crippen LogP) is 8.41. The second-order valence-electron chi connectivity index (χ2n) is 10.3. The van der Waals surface area contributed by atoms with Gasteiger partial charge in [-0.1, -0.05) is 97.1 Å². The second-order valence-corrected chi connectivity index (χ2v) is 10.3. The summed E-state index contributed by atoms with van der Waals surface area (Å²) in [4.78, 5) is 4.55. The van der Waals surface area contributed by atoms with Gasteiger partial charge in [-0.05, 0) is 69.8 Å². The monoisotopic (exact) mass is 509 g/mol. The number of aromatic nitrogens is 2. The number of nitrogens with zero attached hydrogens (tertiary/aromatic N) is 3. The number of pyridine rings is 1. The first-order valence-electron chi connectivity index (χ1n) is 13.5. The number of hydrogen-bond donors (Lipinski definition) is 0. The smallest absolute Gasteiger partial charge is 0.140 e. The van der Waals surface area contributed by atoms with Crippen LogP contribution in [0.15, 0.2) is 140 Å². The quantitative estimate of drug-likeness (QED) is 0.240. The van der Waals surface area contributed by atoms with E-state index >= 15 is 0 Å². The van der Waals surface area contributed by atoms with Gasteiger partial charge in [-0.15, -0.1) is 0 Å². The lowest BCUT2D eigenvalue weighted by molar-refractivity contribution is 0.763. The average molecular weight is 510 g/mol.